The van der Waals surface area contributed by atoms with Crippen molar-refractivity contribution in [1.82, 2.24) is 5.16 Å². The van der Waals surface area contributed by atoms with E-state index in [1.54, 1.807) is 0 Å². The Hall–Kier alpha value is -1.97. The number of rotatable bonds is 1. The molecule has 2 aromatic rings. The molecule has 0 saturated heterocycles. The highest BCUT2D eigenvalue weighted by Crippen LogP contribution is 2.19. The Labute approximate surface area is 74.0 Å². The molecule has 0 bridgehead atoms. The van der Waals surface area contributed by atoms with E-state index in [4.69, 9.17) is 5.73 Å². The Morgan fingerprint density at radius 3 is 2.46 bits per heavy atom. The number of nitrogen functional groups attached to an aromatic ring is 1. The van der Waals surface area contributed by atoms with Crippen molar-refractivity contribution < 1.29 is 4.52 Å². The summed E-state index contributed by atoms with van der Waals surface area (Å²) in [5.41, 5.74) is 6.46. The van der Waals surface area contributed by atoms with Crippen LogP contribution in [0.25, 0.3) is 11.3 Å². The lowest BCUT2D eigenvalue weighted by molar-refractivity contribution is 0.394. The molecule has 0 fully saturated rings. The van der Waals surface area contributed by atoms with Gasteiger partial charge >= 0.3 is 5.63 Å². The molecule has 0 unspecified atom stereocenters. The number of benzene rings is 1. The second-order valence-electron chi connectivity index (χ2n) is 2.65. The van der Waals surface area contributed by atoms with Crippen LogP contribution in [0.5, 0.6) is 0 Å². The van der Waals surface area contributed by atoms with Crippen LogP contribution >= 0.6 is 0 Å². The summed E-state index contributed by atoms with van der Waals surface area (Å²) in [6, 6.07) is 9.30. The zero-order valence-electron chi connectivity index (χ0n) is 6.78. The van der Waals surface area contributed by atoms with Crippen molar-refractivity contribution in [3.63, 3.8) is 0 Å². The Bertz CT molecular complexity index is 456. The third-order valence-corrected chi connectivity index (χ3v) is 1.80. The van der Waals surface area contributed by atoms with Crippen LogP contribution in [-0.4, -0.2) is 5.16 Å². The lowest BCUT2D eigenvalue weighted by Gasteiger charge is -1.95. The Balaban J connectivity index is 2.60. The SMILES string of the molecule is Nc1c(-c2ccccc2)[nH]oc1=O. The molecule has 66 valence electrons. The van der Waals surface area contributed by atoms with Gasteiger partial charge in [-0.05, 0) is 0 Å². The van der Waals surface area contributed by atoms with Gasteiger partial charge in [0.1, 0.15) is 11.4 Å². The topological polar surface area (TPSA) is 72.0 Å². The van der Waals surface area contributed by atoms with E-state index in [-0.39, 0.29) is 5.69 Å². The minimum atomic E-state index is -0.529. The van der Waals surface area contributed by atoms with Crippen molar-refractivity contribution in [2.75, 3.05) is 5.73 Å². The number of H-pyrrole nitrogens is 1. The predicted octanol–water partition coefficient (Wildman–Crippen LogP) is 1.22. The van der Waals surface area contributed by atoms with E-state index in [0.717, 1.165) is 5.56 Å². The molecule has 0 aliphatic carbocycles. The minimum absolute atomic E-state index is 0.117. The van der Waals surface area contributed by atoms with Crippen LogP contribution in [0.4, 0.5) is 5.69 Å². The predicted molar refractivity (Wildman–Crippen MR) is 49.2 cm³/mol. The molecule has 0 spiro atoms. The lowest BCUT2D eigenvalue weighted by atomic mass is 10.1. The molecule has 1 aromatic carbocycles. The first kappa shape index (κ1) is 7.67. The number of hydrogen-bond acceptors (Lipinski definition) is 3. The minimum Gasteiger partial charge on any atom is -0.391 e. The van der Waals surface area contributed by atoms with Gasteiger partial charge in [0.05, 0.1) is 0 Å². The van der Waals surface area contributed by atoms with E-state index < -0.39 is 5.63 Å². The molecule has 1 heterocycles. The molecule has 2 rings (SSSR count). The Morgan fingerprint density at radius 2 is 1.92 bits per heavy atom. The molecule has 13 heavy (non-hydrogen) atoms. The van der Waals surface area contributed by atoms with Crippen molar-refractivity contribution in [2.24, 2.45) is 0 Å². The number of aromatic amines is 1. The monoisotopic (exact) mass is 176 g/mol. The quantitative estimate of drug-likeness (QED) is 0.686. The molecular weight excluding hydrogens is 168 g/mol. The van der Waals surface area contributed by atoms with Gasteiger partial charge in [-0.25, -0.2) is 9.95 Å². The zero-order valence-corrected chi connectivity index (χ0v) is 6.78. The number of nitrogens with two attached hydrogens (primary N) is 1. The maximum atomic E-state index is 10.9. The van der Waals surface area contributed by atoms with Crippen LogP contribution in [0.1, 0.15) is 0 Å². The first-order valence-electron chi connectivity index (χ1n) is 3.81. The summed E-state index contributed by atoms with van der Waals surface area (Å²) in [5, 5.41) is 2.48. The summed E-state index contributed by atoms with van der Waals surface area (Å²) in [7, 11) is 0. The highest BCUT2D eigenvalue weighted by Gasteiger charge is 2.08. The fourth-order valence-corrected chi connectivity index (χ4v) is 1.13. The van der Waals surface area contributed by atoms with Gasteiger partial charge < -0.3 is 10.3 Å². The van der Waals surface area contributed by atoms with Crippen LogP contribution in [0.15, 0.2) is 39.6 Å². The maximum absolute atomic E-state index is 10.9. The molecule has 0 aliphatic heterocycles. The fourth-order valence-electron chi connectivity index (χ4n) is 1.13. The number of nitrogens with one attached hydrogen (secondary N) is 1. The molecule has 0 amide bonds. The Kier molecular flexibility index (Phi) is 1.66. The first-order chi connectivity index (χ1) is 6.29. The Morgan fingerprint density at radius 1 is 1.23 bits per heavy atom. The fraction of sp³-hybridized carbons (Fsp3) is 0. The molecule has 3 N–H and O–H groups in total. The average Bonchev–Trinajstić information content (AvgIpc) is 2.49. The van der Waals surface area contributed by atoms with Gasteiger partial charge in [-0.3, -0.25) is 0 Å². The van der Waals surface area contributed by atoms with Crippen molar-refractivity contribution in [3.8, 4) is 11.3 Å². The van der Waals surface area contributed by atoms with Gasteiger partial charge in [0, 0.05) is 5.56 Å². The van der Waals surface area contributed by atoms with Crippen LogP contribution in [0.2, 0.25) is 0 Å². The largest absolute Gasteiger partial charge is 0.391 e. The first-order valence-corrected chi connectivity index (χ1v) is 3.81. The van der Waals surface area contributed by atoms with E-state index in [0.29, 0.717) is 5.69 Å². The van der Waals surface area contributed by atoms with Gasteiger partial charge in [0.15, 0.2) is 0 Å². The van der Waals surface area contributed by atoms with Gasteiger partial charge in [0.25, 0.3) is 0 Å². The summed E-state index contributed by atoms with van der Waals surface area (Å²) in [6.45, 7) is 0. The van der Waals surface area contributed by atoms with Crippen LogP contribution in [0.3, 0.4) is 0 Å². The standard InChI is InChI=1S/C9H8N2O2/c10-7-8(11-13-9(7)12)6-4-2-1-3-5-6/h1-5,11H,10H2. The average molecular weight is 176 g/mol. The number of anilines is 1. The zero-order chi connectivity index (χ0) is 9.26. The summed E-state index contributed by atoms with van der Waals surface area (Å²) in [5.74, 6) is 0. The van der Waals surface area contributed by atoms with E-state index in [1.807, 2.05) is 30.3 Å². The summed E-state index contributed by atoms with van der Waals surface area (Å²) < 4.78 is 4.54. The van der Waals surface area contributed by atoms with Crippen molar-refractivity contribution >= 4 is 5.69 Å². The second kappa shape index (κ2) is 2.82. The number of aromatic nitrogens is 1. The molecule has 0 radical (unpaired) electrons. The molecule has 0 saturated carbocycles. The molecule has 1 aromatic heterocycles. The molecular formula is C9H8N2O2. The summed E-state index contributed by atoms with van der Waals surface area (Å²) in [4.78, 5) is 10.9. The van der Waals surface area contributed by atoms with E-state index in [9.17, 15) is 4.79 Å². The molecule has 4 heteroatoms. The van der Waals surface area contributed by atoms with Crippen molar-refractivity contribution in [2.45, 2.75) is 0 Å². The van der Waals surface area contributed by atoms with Gasteiger partial charge in [0.2, 0.25) is 0 Å². The smallest absolute Gasteiger partial charge is 0.380 e. The maximum Gasteiger partial charge on any atom is 0.380 e. The third kappa shape index (κ3) is 1.22. The van der Waals surface area contributed by atoms with Gasteiger partial charge in [-0.1, -0.05) is 30.3 Å². The van der Waals surface area contributed by atoms with E-state index >= 15 is 0 Å². The molecule has 0 atom stereocenters. The molecule has 4 nitrogen and oxygen atoms in total. The van der Waals surface area contributed by atoms with Crippen LogP contribution < -0.4 is 11.4 Å². The van der Waals surface area contributed by atoms with E-state index in [1.165, 1.54) is 0 Å². The third-order valence-electron chi connectivity index (χ3n) is 1.80. The van der Waals surface area contributed by atoms with E-state index in [2.05, 4.69) is 9.68 Å². The highest BCUT2D eigenvalue weighted by molar-refractivity contribution is 5.70. The number of hydrogen-bond donors (Lipinski definition) is 2. The van der Waals surface area contributed by atoms with Gasteiger partial charge in [-0.2, -0.15) is 0 Å². The summed E-state index contributed by atoms with van der Waals surface area (Å²) >= 11 is 0. The second-order valence-corrected chi connectivity index (χ2v) is 2.65. The van der Waals surface area contributed by atoms with Gasteiger partial charge in [-0.15, -0.1) is 0 Å². The molecule has 0 aliphatic rings. The normalized spacial score (nSPS) is 10.2. The lowest BCUT2D eigenvalue weighted by Crippen LogP contribution is -2.00. The van der Waals surface area contributed by atoms with Crippen molar-refractivity contribution in [1.29, 1.82) is 0 Å². The van der Waals surface area contributed by atoms with Crippen molar-refractivity contribution in [3.05, 3.63) is 40.8 Å². The summed E-state index contributed by atoms with van der Waals surface area (Å²) in [6.07, 6.45) is 0. The van der Waals surface area contributed by atoms with Crippen LogP contribution in [-0.2, 0) is 0 Å². The highest BCUT2D eigenvalue weighted by atomic mass is 16.5. The van der Waals surface area contributed by atoms with Crippen LogP contribution in [0, 0.1) is 0 Å².